The average Bonchev–Trinajstić information content (AvgIpc) is 2.59. The van der Waals surface area contributed by atoms with Crippen molar-refractivity contribution < 1.29 is 9.59 Å². The number of fused-ring (bicyclic) bond motifs is 1. The monoisotopic (exact) mass is 260 g/mol. The molecule has 2 heteroatoms. The summed E-state index contributed by atoms with van der Waals surface area (Å²) in [6, 6.07) is 0. The first-order chi connectivity index (χ1) is 9.02. The van der Waals surface area contributed by atoms with E-state index >= 15 is 0 Å². The first-order valence-corrected chi connectivity index (χ1v) is 7.49. The number of carbonyl (C=O) groups excluding carboxylic acids is 2. The molecule has 104 valence electrons. The summed E-state index contributed by atoms with van der Waals surface area (Å²) in [5.41, 5.74) is 3.40. The summed E-state index contributed by atoms with van der Waals surface area (Å²) in [5, 5.41) is 0. The predicted molar refractivity (Wildman–Crippen MR) is 76.8 cm³/mol. The zero-order valence-corrected chi connectivity index (χ0v) is 12.3. The van der Waals surface area contributed by atoms with Gasteiger partial charge in [0.1, 0.15) is 5.78 Å². The van der Waals surface area contributed by atoms with Crippen LogP contribution >= 0.6 is 0 Å². The molecule has 0 radical (unpaired) electrons. The topological polar surface area (TPSA) is 34.1 Å². The zero-order valence-electron chi connectivity index (χ0n) is 12.3. The maximum absolute atomic E-state index is 12.1. The second-order valence-corrected chi connectivity index (χ2v) is 6.08. The van der Waals surface area contributed by atoms with Gasteiger partial charge in [0.15, 0.2) is 5.78 Å². The van der Waals surface area contributed by atoms with Gasteiger partial charge in [0, 0.05) is 19.3 Å². The van der Waals surface area contributed by atoms with Gasteiger partial charge in [-0.1, -0.05) is 31.9 Å². The molecule has 0 bridgehead atoms. The van der Waals surface area contributed by atoms with E-state index in [1.807, 2.05) is 6.92 Å². The van der Waals surface area contributed by atoms with Crippen LogP contribution in [0.25, 0.3) is 0 Å². The molecule has 0 saturated carbocycles. The van der Waals surface area contributed by atoms with Crippen LogP contribution in [0.4, 0.5) is 0 Å². The Labute approximate surface area is 116 Å². The molecule has 2 rings (SSSR count). The van der Waals surface area contributed by atoms with Crippen molar-refractivity contribution in [2.45, 2.75) is 59.3 Å². The zero-order chi connectivity index (χ0) is 14.0. The van der Waals surface area contributed by atoms with Crippen molar-refractivity contribution in [1.29, 1.82) is 0 Å². The van der Waals surface area contributed by atoms with Gasteiger partial charge in [-0.05, 0) is 42.7 Å². The van der Waals surface area contributed by atoms with Gasteiger partial charge < -0.3 is 0 Å². The molecule has 2 atom stereocenters. The van der Waals surface area contributed by atoms with E-state index in [9.17, 15) is 9.59 Å². The lowest BCUT2D eigenvalue weighted by molar-refractivity contribution is -0.120. The smallest absolute Gasteiger partial charge is 0.159 e. The van der Waals surface area contributed by atoms with E-state index in [1.165, 1.54) is 12.0 Å². The molecule has 2 aliphatic rings. The SMILES string of the molecule is CCCC/C1=C/C2=C(C)C(=O)C[C@@H]2CC(=O)C[C@H]1C. The molecule has 0 spiro atoms. The lowest BCUT2D eigenvalue weighted by atomic mass is 9.82. The van der Waals surface area contributed by atoms with Gasteiger partial charge in [0.2, 0.25) is 0 Å². The van der Waals surface area contributed by atoms with Gasteiger partial charge in [-0.25, -0.2) is 0 Å². The molecule has 0 aliphatic heterocycles. The van der Waals surface area contributed by atoms with Crippen LogP contribution < -0.4 is 0 Å². The van der Waals surface area contributed by atoms with Gasteiger partial charge in [0.05, 0.1) is 0 Å². The van der Waals surface area contributed by atoms with Gasteiger partial charge in [0.25, 0.3) is 0 Å². The number of allylic oxidation sites excluding steroid dienone is 4. The lowest BCUT2D eigenvalue weighted by Gasteiger charge is -2.22. The van der Waals surface area contributed by atoms with Crippen molar-refractivity contribution in [2.24, 2.45) is 11.8 Å². The van der Waals surface area contributed by atoms with Gasteiger partial charge in [-0.3, -0.25) is 9.59 Å². The number of rotatable bonds is 3. The summed E-state index contributed by atoms with van der Waals surface area (Å²) >= 11 is 0. The number of ketones is 2. The molecule has 0 unspecified atom stereocenters. The first-order valence-electron chi connectivity index (χ1n) is 7.49. The standard InChI is InChI=1S/C17H24O2/c1-4-5-6-13-9-16-12(3)17(19)10-14(16)8-15(18)7-11(13)2/h9,11,14H,4-8,10H2,1-3H3/b13-9-/t11-,14+/m1/s1. The minimum Gasteiger partial charge on any atom is -0.300 e. The highest BCUT2D eigenvalue weighted by Gasteiger charge is 2.32. The highest BCUT2D eigenvalue weighted by atomic mass is 16.1. The van der Waals surface area contributed by atoms with Crippen LogP contribution in [0.1, 0.15) is 59.3 Å². The Balaban J connectivity index is 2.36. The molecule has 2 aliphatic carbocycles. The van der Waals surface area contributed by atoms with Crippen molar-refractivity contribution in [3.8, 4) is 0 Å². The Morgan fingerprint density at radius 1 is 1.21 bits per heavy atom. The molecule has 0 N–H and O–H groups in total. The minimum atomic E-state index is 0.157. The molecular formula is C17H24O2. The van der Waals surface area contributed by atoms with Crippen molar-refractivity contribution in [3.63, 3.8) is 0 Å². The predicted octanol–water partition coefficient (Wildman–Crippen LogP) is 4.01. The summed E-state index contributed by atoms with van der Waals surface area (Å²) in [5.74, 6) is 1.04. The molecule has 19 heavy (non-hydrogen) atoms. The van der Waals surface area contributed by atoms with Crippen LogP contribution in [0.5, 0.6) is 0 Å². The van der Waals surface area contributed by atoms with Crippen LogP contribution in [0.3, 0.4) is 0 Å². The van der Waals surface area contributed by atoms with Crippen LogP contribution in [-0.4, -0.2) is 11.6 Å². The van der Waals surface area contributed by atoms with Crippen molar-refractivity contribution in [1.82, 2.24) is 0 Å². The van der Waals surface area contributed by atoms with Crippen molar-refractivity contribution in [2.75, 3.05) is 0 Å². The Morgan fingerprint density at radius 2 is 1.95 bits per heavy atom. The maximum atomic E-state index is 12.1. The largest absolute Gasteiger partial charge is 0.300 e. The number of carbonyl (C=O) groups is 2. The third kappa shape index (κ3) is 3.05. The average molecular weight is 260 g/mol. The number of Topliss-reactive ketones (excluding diaryl/α,β-unsaturated/α-hetero) is 2. The van der Waals surface area contributed by atoms with Crippen LogP contribution in [0.15, 0.2) is 22.8 Å². The van der Waals surface area contributed by atoms with Crippen LogP contribution in [0, 0.1) is 11.8 Å². The van der Waals surface area contributed by atoms with E-state index in [4.69, 9.17) is 0 Å². The minimum absolute atomic E-state index is 0.157. The van der Waals surface area contributed by atoms with Crippen molar-refractivity contribution >= 4 is 11.6 Å². The first kappa shape index (κ1) is 14.2. The molecule has 0 aromatic heterocycles. The molecule has 0 aromatic carbocycles. The van der Waals surface area contributed by atoms with E-state index in [-0.39, 0.29) is 11.7 Å². The summed E-state index contributed by atoms with van der Waals surface area (Å²) in [6.45, 7) is 6.25. The fourth-order valence-corrected chi connectivity index (χ4v) is 3.23. The van der Waals surface area contributed by atoms with Crippen LogP contribution in [-0.2, 0) is 9.59 Å². The number of unbranched alkanes of at least 4 members (excludes halogenated alkanes) is 1. The Kier molecular flexibility index (Phi) is 4.38. The molecule has 0 heterocycles. The summed E-state index contributed by atoms with van der Waals surface area (Å²) in [6.07, 6.45) is 7.37. The quantitative estimate of drug-likeness (QED) is 0.768. The van der Waals surface area contributed by atoms with E-state index in [0.717, 1.165) is 24.0 Å². The molecular weight excluding hydrogens is 236 g/mol. The van der Waals surface area contributed by atoms with Gasteiger partial charge in [-0.2, -0.15) is 0 Å². The van der Waals surface area contributed by atoms with Gasteiger partial charge >= 0.3 is 0 Å². The fraction of sp³-hybridized carbons (Fsp3) is 0.647. The normalized spacial score (nSPS) is 30.8. The highest BCUT2D eigenvalue weighted by molar-refractivity contribution is 6.00. The molecule has 0 amide bonds. The second kappa shape index (κ2) is 5.85. The van der Waals surface area contributed by atoms with E-state index in [0.29, 0.717) is 31.0 Å². The molecule has 0 fully saturated rings. The highest BCUT2D eigenvalue weighted by Crippen LogP contribution is 2.38. The Morgan fingerprint density at radius 3 is 2.63 bits per heavy atom. The molecule has 0 aromatic rings. The lowest BCUT2D eigenvalue weighted by Crippen LogP contribution is -2.16. The third-order valence-corrected chi connectivity index (χ3v) is 4.52. The Bertz CT molecular complexity index is 454. The summed E-state index contributed by atoms with van der Waals surface area (Å²) in [7, 11) is 0. The maximum Gasteiger partial charge on any atom is 0.159 e. The second-order valence-electron chi connectivity index (χ2n) is 6.08. The third-order valence-electron chi connectivity index (χ3n) is 4.52. The number of hydrogen-bond acceptors (Lipinski definition) is 2. The van der Waals surface area contributed by atoms with E-state index in [1.54, 1.807) is 0 Å². The van der Waals surface area contributed by atoms with Gasteiger partial charge in [-0.15, -0.1) is 0 Å². The number of hydrogen-bond donors (Lipinski definition) is 0. The summed E-state index contributed by atoms with van der Waals surface area (Å²) < 4.78 is 0. The molecule has 2 nitrogen and oxygen atoms in total. The summed E-state index contributed by atoms with van der Waals surface area (Å²) in [4.78, 5) is 23.9. The van der Waals surface area contributed by atoms with Crippen molar-refractivity contribution in [3.05, 3.63) is 22.8 Å². The van der Waals surface area contributed by atoms with Crippen LogP contribution in [0.2, 0.25) is 0 Å². The van der Waals surface area contributed by atoms with E-state index < -0.39 is 0 Å². The fourth-order valence-electron chi connectivity index (χ4n) is 3.23. The van der Waals surface area contributed by atoms with E-state index in [2.05, 4.69) is 19.9 Å². The molecule has 0 saturated heterocycles. The Hall–Kier alpha value is -1.18.